The Balaban J connectivity index is 1.72. The largest absolute Gasteiger partial charge is 0.370 e. The molecule has 0 N–H and O–H groups in total. The minimum Gasteiger partial charge on any atom is -0.370 e. The van der Waals surface area contributed by atoms with Gasteiger partial charge in [0.2, 0.25) is 10.0 Å². The minimum atomic E-state index is -3.81. The number of anilines is 1. The quantitative estimate of drug-likeness (QED) is 0.549. The monoisotopic (exact) mass is 417 g/mol. The second-order valence-electron chi connectivity index (χ2n) is 7.24. The molecule has 9 heteroatoms. The van der Waals surface area contributed by atoms with Crippen LogP contribution in [0.15, 0.2) is 53.4 Å². The summed E-state index contributed by atoms with van der Waals surface area (Å²) in [7, 11) is -3.81. The Labute approximate surface area is 169 Å². The van der Waals surface area contributed by atoms with Crippen LogP contribution in [0.4, 0.5) is 11.4 Å². The number of non-ortho nitro benzene ring substituents is 1. The van der Waals surface area contributed by atoms with E-state index in [4.69, 9.17) is 4.74 Å². The molecule has 0 aromatic heterocycles. The van der Waals surface area contributed by atoms with E-state index in [1.165, 1.54) is 16.4 Å². The van der Waals surface area contributed by atoms with Crippen LogP contribution in [-0.4, -0.2) is 50.4 Å². The minimum absolute atomic E-state index is 0.00214. The number of nitro benzene ring substituents is 1. The number of rotatable bonds is 5. The Bertz CT molecular complexity index is 990. The highest BCUT2D eigenvalue weighted by Gasteiger charge is 2.33. The summed E-state index contributed by atoms with van der Waals surface area (Å²) in [4.78, 5) is 12.7. The maximum Gasteiger partial charge on any atom is 0.270 e. The number of nitrogens with zero attached hydrogens (tertiary/aromatic N) is 3. The Morgan fingerprint density at radius 1 is 1.03 bits per heavy atom. The number of sulfonamides is 1. The number of benzene rings is 2. The summed E-state index contributed by atoms with van der Waals surface area (Å²) in [5.41, 5.74) is 1.29. The first-order chi connectivity index (χ1) is 14.0. The summed E-state index contributed by atoms with van der Waals surface area (Å²) in [6, 6.07) is 13.9. The fourth-order valence-electron chi connectivity index (χ4n) is 3.89. The summed E-state index contributed by atoms with van der Waals surface area (Å²) in [6.07, 6.45) is 1.41. The van der Waals surface area contributed by atoms with Gasteiger partial charge in [-0.05, 0) is 24.5 Å². The molecule has 0 saturated carbocycles. The average molecular weight is 417 g/mol. The maximum absolute atomic E-state index is 13.3. The van der Waals surface area contributed by atoms with Gasteiger partial charge in [-0.15, -0.1) is 0 Å². The fraction of sp³-hybridized carbons (Fsp3) is 0.400. The van der Waals surface area contributed by atoms with Crippen LogP contribution in [0.3, 0.4) is 0 Å². The lowest BCUT2D eigenvalue weighted by Gasteiger charge is -2.36. The van der Waals surface area contributed by atoms with Crippen molar-refractivity contribution >= 4 is 21.4 Å². The van der Waals surface area contributed by atoms with Crippen molar-refractivity contribution in [2.75, 3.05) is 37.7 Å². The molecule has 0 bridgehead atoms. The van der Waals surface area contributed by atoms with Crippen LogP contribution in [0.2, 0.25) is 0 Å². The lowest BCUT2D eigenvalue weighted by Crippen LogP contribution is -2.39. The van der Waals surface area contributed by atoms with Crippen LogP contribution >= 0.6 is 0 Å². The summed E-state index contributed by atoms with van der Waals surface area (Å²) in [6.45, 7) is 2.33. The first-order valence-corrected chi connectivity index (χ1v) is 11.1. The van der Waals surface area contributed by atoms with Gasteiger partial charge in [0.05, 0.1) is 17.2 Å². The van der Waals surface area contributed by atoms with Gasteiger partial charge in [-0.3, -0.25) is 10.1 Å². The van der Waals surface area contributed by atoms with Gasteiger partial charge < -0.3 is 9.64 Å². The summed E-state index contributed by atoms with van der Waals surface area (Å²) in [5.74, 6) is 0. The van der Waals surface area contributed by atoms with Gasteiger partial charge in [-0.25, -0.2) is 8.42 Å². The molecule has 2 aromatic carbocycles. The van der Waals surface area contributed by atoms with Crippen molar-refractivity contribution in [3.8, 4) is 0 Å². The summed E-state index contributed by atoms with van der Waals surface area (Å²) >= 11 is 0. The molecule has 29 heavy (non-hydrogen) atoms. The lowest BCUT2D eigenvalue weighted by atomic mass is 10.1. The van der Waals surface area contributed by atoms with Crippen molar-refractivity contribution in [1.29, 1.82) is 0 Å². The highest BCUT2D eigenvalue weighted by Crippen LogP contribution is 2.35. The topological polar surface area (TPSA) is 93.0 Å². The molecule has 2 aromatic rings. The highest BCUT2D eigenvalue weighted by molar-refractivity contribution is 7.89. The van der Waals surface area contributed by atoms with Crippen LogP contribution < -0.4 is 4.90 Å². The molecule has 0 amide bonds. The first-order valence-electron chi connectivity index (χ1n) is 9.67. The third-order valence-electron chi connectivity index (χ3n) is 5.42. The Kier molecular flexibility index (Phi) is 5.53. The van der Waals surface area contributed by atoms with Crippen LogP contribution in [0.5, 0.6) is 0 Å². The van der Waals surface area contributed by atoms with E-state index >= 15 is 0 Å². The number of ether oxygens (including phenoxy) is 1. The van der Waals surface area contributed by atoms with Crippen molar-refractivity contribution in [2.24, 2.45) is 0 Å². The second kappa shape index (κ2) is 8.10. The molecule has 2 saturated heterocycles. The molecule has 154 valence electrons. The SMILES string of the molecule is O=[N+]([O-])c1ccc(N2CCO[C@H](c3ccccc3)C2)c(S(=O)(=O)N2CCCC2)c1. The van der Waals surface area contributed by atoms with Gasteiger partial charge in [-0.1, -0.05) is 30.3 Å². The zero-order valence-electron chi connectivity index (χ0n) is 15.9. The molecule has 4 rings (SSSR count). The first kappa shape index (κ1) is 19.8. The molecule has 2 aliphatic rings. The third kappa shape index (κ3) is 3.98. The molecule has 0 radical (unpaired) electrons. The van der Waals surface area contributed by atoms with E-state index in [-0.39, 0.29) is 16.7 Å². The molecule has 0 aliphatic carbocycles. The van der Waals surface area contributed by atoms with E-state index in [9.17, 15) is 18.5 Å². The molecule has 2 fully saturated rings. The van der Waals surface area contributed by atoms with E-state index in [0.717, 1.165) is 18.4 Å². The van der Waals surface area contributed by atoms with E-state index in [1.54, 1.807) is 6.07 Å². The molecular formula is C20H23N3O5S. The number of morpholine rings is 1. The van der Waals surface area contributed by atoms with Gasteiger partial charge in [0.1, 0.15) is 11.0 Å². The lowest BCUT2D eigenvalue weighted by molar-refractivity contribution is -0.385. The predicted molar refractivity (Wildman–Crippen MR) is 108 cm³/mol. The Morgan fingerprint density at radius 2 is 1.76 bits per heavy atom. The normalized spacial score (nSPS) is 20.7. The number of nitro groups is 1. The fourth-order valence-corrected chi connectivity index (χ4v) is 5.64. The van der Waals surface area contributed by atoms with E-state index in [1.807, 2.05) is 35.2 Å². The van der Waals surface area contributed by atoms with Gasteiger partial charge >= 0.3 is 0 Å². The maximum atomic E-state index is 13.3. The molecule has 0 unspecified atom stereocenters. The van der Waals surface area contributed by atoms with Crippen LogP contribution in [0.25, 0.3) is 0 Å². The molecule has 2 heterocycles. The standard InChI is InChI=1S/C20H23N3O5S/c24-23(25)17-8-9-18(20(14-17)29(26,27)22-10-4-5-11-22)21-12-13-28-19(15-21)16-6-2-1-3-7-16/h1-3,6-9,14,19H,4-5,10-13,15H2/t19-/m0/s1. The van der Waals surface area contributed by atoms with Crippen molar-refractivity contribution in [3.63, 3.8) is 0 Å². The van der Waals surface area contributed by atoms with Crippen molar-refractivity contribution < 1.29 is 18.1 Å². The van der Waals surface area contributed by atoms with E-state index in [2.05, 4.69) is 0 Å². The summed E-state index contributed by atoms with van der Waals surface area (Å²) in [5, 5.41) is 11.3. The summed E-state index contributed by atoms with van der Waals surface area (Å²) < 4.78 is 33.9. The van der Waals surface area contributed by atoms with Gasteiger partial charge in [0.25, 0.3) is 5.69 Å². The van der Waals surface area contributed by atoms with Crippen LogP contribution in [-0.2, 0) is 14.8 Å². The number of hydrogen-bond acceptors (Lipinski definition) is 6. The number of hydrogen-bond donors (Lipinski definition) is 0. The van der Waals surface area contributed by atoms with Crippen LogP contribution in [0, 0.1) is 10.1 Å². The second-order valence-corrected chi connectivity index (χ2v) is 9.14. The molecule has 0 spiro atoms. The zero-order chi connectivity index (χ0) is 20.4. The predicted octanol–water partition coefficient (Wildman–Crippen LogP) is 2.96. The van der Waals surface area contributed by atoms with E-state index in [0.29, 0.717) is 38.5 Å². The average Bonchev–Trinajstić information content (AvgIpc) is 3.30. The molecular weight excluding hydrogens is 394 g/mol. The smallest absolute Gasteiger partial charge is 0.270 e. The Morgan fingerprint density at radius 3 is 2.45 bits per heavy atom. The van der Waals surface area contributed by atoms with E-state index < -0.39 is 14.9 Å². The molecule has 8 nitrogen and oxygen atoms in total. The molecule has 2 aliphatic heterocycles. The van der Waals surface area contributed by atoms with Gasteiger partial charge in [0.15, 0.2) is 0 Å². The Hall–Kier alpha value is -2.49. The van der Waals surface area contributed by atoms with Crippen molar-refractivity contribution in [1.82, 2.24) is 4.31 Å². The van der Waals surface area contributed by atoms with Crippen LogP contribution in [0.1, 0.15) is 24.5 Å². The third-order valence-corrected chi connectivity index (χ3v) is 7.34. The molecule has 1 atom stereocenters. The highest BCUT2D eigenvalue weighted by atomic mass is 32.2. The van der Waals surface area contributed by atoms with Crippen molar-refractivity contribution in [3.05, 3.63) is 64.2 Å². The van der Waals surface area contributed by atoms with Gasteiger partial charge in [-0.2, -0.15) is 4.31 Å². The van der Waals surface area contributed by atoms with Gasteiger partial charge in [0, 0.05) is 38.3 Å². The van der Waals surface area contributed by atoms with Crippen molar-refractivity contribution in [2.45, 2.75) is 23.8 Å². The zero-order valence-corrected chi connectivity index (χ0v) is 16.8.